The summed E-state index contributed by atoms with van der Waals surface area (Å²) in [5.41, 5.74) is 2.18. The predicted molar refractivity (Wildman–Crippen MR) is 96.8 cm³/mol. The lowest BCUT2D eigenvalue weighted by atomic mass is 10.1. The Morgan fingerprint density at radius 2 is 2.19 bits per heavy atom. The van der Waals surface area contributed by atoms with Crippen molar-refractivity contribution in [2.45, 2.75) is 32.9 Å². The molecule has 3 aromatic rings. The fourth-order valence-electron chi connectivity index (χ4n) is 2.55. The number of benzene rings is 1. The maximum atomic E-state index is 13.1. The summed E-state index contributed by atoms with van der Waals surface area (Å²) in [7, 11) is 0. The summed E-state index contributed by atoms with van der Waals surface area (Å²) in [6.45, 7) is 3.89. The Hall–Kier alpha value is -3.22. The van der Waals surface area contributed by atoms with Crippen LogP contribution in [0.3, 0.4) is 0 Å². The van der Waals surface area contributed by atoms with E-state index in [1.807, 2.05) is 26.0 Å². The predicted octanol–water partition coefficient (Wildman–Crippen LogP) is 3.46. The minimum Gasteiger partial charge on any atom is -0.484 e. The first-order valence-corrected chi connectivity index (χ1v) is 8.55. The fourth-order valence-corrected chi connectivity index (χ4v) is 2.55. The van der Waals surface area contributed by atoms with Crippen molar-refractivity contribution in [3.8, 4) is 5.75 Å². The first-order chi connectivity index (χ1) is 13.0. The van der Waals surface area contributed by atoms with E-state index < -0.39 is 5.82 Å². The minimum atomic E-state index is -0.392. The van der Waals surface area contributed by atoms with Crippen molar-refractivity contribution in [3.05, 3.63) is 77.5 Å². The fraction of sp³-hybridized carbons (Fsp3) is 0.250. The Kier molecular flexibility index (Phi) is 5.80. The van der Waals surface area contributed by atoms with Crippen molar-refractivity contribution in [1.82, 2.24) is 15.3 Å². The molecule has 0 unspecified atom stereocenters. The number of aromatic nitrogens is 2. The van der Waals surface area contributed by atoms with Gasteiger partial charge in [0, 0.05) is 30.4 Å². The van der Waals surface area contributed by atoms with Gasteiger partial charge in [-0.3, -0.25) is 9.78 Å². The molecule has 1 N–H and O–H groups in total. The molecule has 0 saturated heterocycles. The van der Waals surface area contributed by atoms with E-state index in [-0.39, 0.29) is 30.1 Å². The van der Waals surface area contributed by atoms with E-state index in [2.05, 4.69) is 15.3 Å². The molecule has 0 aliphatic rings. The number of ether oxygens (including phenoxy) is 1. The molecule has 0 aliphatic carbocycles. The van der Waals surface area contributed by atoms with Crippen LogP contribution in [0.25, 0.3) is 0 Å². The van der Waals surface area contributed by atoms with Crippen LogP contribution < -0.4 is 10.1 Å². The largest absolute Gasteiger partial charge is 0.484 e. The van der Waals surface area contributed by atoms with Gasteiger partial charge < -0.3 is 14.5 Å². The van der Waals surface area contributed by atoms with Gasteiger partial charge in [-0.05, 0) is 37.6 Å². The third kappa shape index (κ3) is 5.13. The zero-order valence-corrected chi connectivity index (χ0v) is 15.1. The first kappa shape index (κ1) is 18.6. The van der Waals surface area contributed by atoms with E-state index in [1.54, 1.807) is 18.3 Å². The van der Waals surface area contributed by atoms with Crippen LogP contribution in [0.4, 0.5) is 4.39 Å². The van der Waals surface area contributed by atoms with Gasteiger partial charge in [-0.2, -0.15) is 0 Å². The van der Waals surface area contributed by atoms with Crippen molar-refractivity contribution in [1.29, 1.82) is 0 Å². The second kappa shape index (κ2) is 8.44. The van der Waals surface area contributed by atoms with Gasteiger partial charge >= 0.3 is 0 Å². The van der Waals surface area contributed by atoms with Gasteiger partial charge in [-0.1, -0.05) is 12.1 Å². The zero-order valence-electron chi connectivity index (χ0n) is 15.1. The van der Waals surface area contributed by atoms with E-state index in [0.29, 0.717) is 12.2 Å². The molecule has 0 saturated carbocycles. The quantitative estimate of drug-likeness (QED) is 0.690. The molecule has 6 nitrogen and oxygen atoms in total. The summed E-state index contributed by atoms with van der Waals surface area (Å²) in [4.78, 5) is 20.8. The van der Waals surface area contributed by atoms with Crippen molar-refractivity contribution < 1.29 is 18.3 Å². The van der Waals surface area contributed by atoms with Crippen LogP contribution in [0.2, 0.25) is 0 Å². The Morgan fingerprint density at radius 1 is 1.33 bits per heavy atom. The molecule has 0 fully saturated rings. The molecule has 0 radical (unpaired) electrons. The number of oxazole rings is 1. The minimum absolute atomic E-state index is 0.000578. The van der Waals surface area contributed by atoms with Gasteiger partial charge in [-0.25, -0.2) is 9.37 Å². The highest BCUT2D eigenvalue weighted by atomic mass is 19.1. The van der Waals surface area contributed by atoms with Gasteiger partial charge in [0.1, 0.15) is 17.8 Å². The zero-order chi connectivity index (χ0) is 19.2. The smallest absolute Gasteiger partial charge is 0.273 e. The molecule has 1 amide bonds. The highest BCUT2D eigenvalue weighted by Gasteiger charge is 2.16. The Bertz CT molecular complexity index is 926. The van der Waals surface area contributed by atoms with Gasteiger partial charge in [0.15, 0.2) is 12.3 Å². The Labute approximate surface area is 156 Å². The number of hydrogen-bond donors (Lipinski definition) is 1. The highest BCUT2D eigenvalue weighted by Crippen LogP contribution is 2.14. The molecular formula is C20H20FN3O3. The third-order valence-electron chi connectivity index (χ3n) is 3.94. The molecule has 0 bridgehead atoms. The molecule has 0 spiro atoms. The molecule has 1 atom stereocenters. The van der Waals surface area contributed by atoms with Gasteiger partial charge in [0.2, 0.25) is 5.89 Å². The second-order valence-electron chi connectivity index (χ2n) is 6.22. The third-order valence-corrected chi connectivity index (χ3v) is 3.94. The average Bonchev–Trinajstić information content (AvgIpc) is 3.11. The second-order valence-corrected chi connectivity index (χ2v) is 6.22. The Balaban J connectivity index is 1.54. The number of rotatable bonds is 7. The summed E-state index contributed by atoms with van der Waals surface area (Å²) in [5.74, 6) is -0.134. The van der Waals surface area contributed by atoms with E-state index in [4.69, 9.17) is 9.15 Å². The van der Waals surface area contributed by atoms with E-state index in [9.17, 15) is 9.18 Å². The number of pyridine rings is 1. The summed E-state index contributed by atoms with van der Waals surface area (Å²) in [6.07, 6.45) is 3.63. The number of aryl methyl sites for hydroxylation is 1. The number of halogens is 1. The van der Waals surface area contributed by atoms with Crippen LogP contribution in [0.5, 0.6) is 5.75 Å². The van der Waals surface area contributed by atoms with Crippen LogP contribution in [0.1, 0.15) is 34.6 Å². The van der Waals surface area contributed by atoms with Crippen LogP contribution in [-0.2, 0) is 13.0 Å². The van der Waals surface area contributed by atoms with Crippen molar-refractivity contribution in [3.63, 3.8) is 0 Å². The lowest BCUT2D eigenvalue weighted by Crippen LogP contribution is -2.34. The molecule has 0 aliphatic heterocycles. The van der Waals surface area contributed by atoms with Gasteiger partial charge in [0.05, 0.1) is 0 Å². The Morgan fingerprint density at radius 3 is 2.96 bits per heavy atom. The first-order valence-electron chi connectivity index (χ1n) is 8.55. The average molecular weight is 369 g/mol. The summed E-state index contributed by atoms with van der Waals surface area (Å²) in [5, 5.41) is 2.87. The van der Waals surface area contributed by atoms with Crippen LogP contribution in [0, 0.1) is 12.7 Å². The number of carbonyl (C=O) groups is 1. The van der Waals surface area contributed by atoms with E-state index in [0.717, 1.165) is 11.3 Å². The number of amides is 1. The standard InChI is InChI=1S/C20H20FN3O3/c1-13-5-4-8-22-17(13)9-14(2)23-20(25)18-11-27-19(24-18)12-26-16-7-3-6-15(21)10-16/h3-8,10-11,14H,9,12H2,1-2H3,(H,23,25)/t14-/m0/s1. The summed E-state index contributed by atoms with van der Waals surface area (Å²) >= 11 is 0. The molecule has 2 heterocycles. The summed E-state index contributed by atoms with van der Waals surface area (Å²) < 4.78 is 23.8. The van der Waals surface area contributed by atoms with Crippen LogP contribution in [-0.4, -0.2) is 21.9 Å². The van der Waals surface area contributed by atoms with Crippen molar-refractivity contribution >= 4 is 5.91 Å². The highest BCUT2D eigenvalue weighted by molar-refractivity contribution is 5.92. The molecular weight excluding hydrogens is 349 g/mol. The van der Waals surface area contributed by atoms with Crippen LogP contribution in [0.15, 0.2) is 53.3 Å². The summed E-state index contributed by atoms with van der Waals surface area (Å²) in [6, 6.07) is 9.51. The maximum absolute atomic E-state index is 13.1. The van der Waals surface area contributed by atoms with Crippen LogP contribution >= 0.6 is 0 Å². The number of nitrogens with zero attached hydrogens (tertiary/aromatic N) is 2. The lowest BCUT2D eigenvalue weighted by Gasteiger charge is -2.13. The normalized spacial score (nSPS) is 11.8. The molecule has 3 rings (SSSR count). The molecule has 27 heavy (non-hydrogen) atoms. The van der Waals surface area contributed by atoms with Crippen molar-refractivity contribution in [2.24, 2.45) is 0 Å². The topological polar surface area (TPSA) is 77.2 Å². The molecule has 2 aromatic heterocycles. The number of carbonyl (C=O) groups excluding carboxylic acids is 1. The van der Waals surface area contributed by atoms with E-state index in [1.165, 1.54) is 18.4 Å². The molecule has 7 heteroatoms. The lowest BCUT2D eigenvalue weighted by molar-refractivity contribution is 0.0934. The van der Waals surface area contributed by atoms with E-state index >= 15 is 0 Å². The monoisotopic (exact) mass is 369 g/mol. The number of hydrogen-bond acceptors (Lipinski definition) is 5. The molecule has 140 valence electrons. The SMILES string of the molecule is Cc1cccnc1C[C@H](C)NC(=O)c1coc(COc2cccc(F)c2)n1. The maximum Gasteiger partial charge on any atom is 0.273 e. The van der Waals surface area contributed by atoms with Gasteiger partial charge in [-0.15, -0.1) is 0 Å². The number of nitrogens with one attached hydrogen (secondary N) is 1. The van der Waals surface area contributed by atoms with Crippen molar-refractivity contribution in [2.75, 3.05) is 0 Å². The molecule has 1 aromatic carbocycles. The van der Waals surface area contributed by atoms with Gasteiger partial charge in [0.25, 0.3) is 5.91 Å².